The van der Waals surface area contributed by atoms with Gasteiger partial charge in [0.05, 0.1) is 19.8 Å². The predicted octanol–water partition coefficient (Wildman–Crippen LogP) is 12.6. The number of aliphatic hydroxyl groups is 3. The molecule has 0 bridgehead atoms. The minimum atomic E-state index is -5.08. The summed E-state index contributed by atoms with van der Waals surface area (Å²) in [6.45, 7) is 3.75. The first-order chi connectivity index (χ1) is 33.1. The number of unbranched alkanes of at least 4 members (excludes halogenated alkanes) is 21. The molecule has 0 radical (unpaired) electrons. The van der Waals surface area contributed by atoms with Crippen LogP contribution in [-0.4, -0.2) is 97.5 Å². The summed E-state index contributed by atoms with van der Waals surface area (Å²) in [7, 11) is -5.08. The van der Waals surface area contributed by atoms with Crippen molar-refractivity contribution in [2.45, 2.75) is 243 Å². The smallest absolute Gasteiger partial charge is 0.397 e. The summed E-state index contributed by atoms with van der Waals surface area (Å²) in [5.74, 6) is -0.417. The van der Waals surface area contributed by atoms with Crippen molar-refractivity contribution in [2.24, 2.45) is 0 Å². The average Bonchev–Trinajstić information content (AvgIpc) is 3.31. The van der Waals surface area contributed by atoms with Crippen LogP contribution in [0.25, 0.3) is 0 Å². The first kappa shape index (κ1) is 63.6. The standard InChI is InChI=1S/C55H96O12S/c1-3-5-7-9-11-13-15-17-19-21-23-25-26-28-30-32-34-36-38-40-42-44-51(57)65-49(48-64-55-53(59)54(67-68(60,61)62)52(58)50(46-56)66-55)47-63-45-43-41-39-37-35-33-31-29-27-24-22-20-18-16-14-12-10-8-6-4-2/h6,8,12,14,18,20,24,27,31,33,37,39,49-50,52-56,58-59H,3-5,7,9-11,13,15-17,19,21-23,25-26,28-30,32,34-36,38,40-48H2,1-2H3,(H,60,61,62)/b8-6-,14-12-,20-18-,27-24-,33-31-,39-37-. The van der Waals surface area contributed by atoms with Gasteiger partial charge < -0.3 is 34.3 Å². The van der Waals surface area contributed by atoms with Crippen LogP contribution < -0.4 is 0 Å². The molecule has 394 valence electrons. The molecule has 1 rings (SSSR count). The van der Waals surface area contributed by atoms with E-state index in [1.807, 2.05) is 0 Å². The zero-order valence-corrected chi connectivity index (χ0v) is 43.2. The molecule has 0 spiro atoms. The number of ether oxygens (including phenoxy) is 4. The Kier molecular flexibility index (Phi) is 42.7. The summed E-state index contributed by atoms with van der Waals surface area (Å²) >= 11 is 0. The van der Waals surface area contributed by atoms with Gasteiger partial charge in [-0.1, -0.05) is 215 Å². The maximum absolute atomic E-state index is 12.9. The fourth-order valence-electron chi connectivity index (χ4n) is 7.87. The number of hydrogen-bond donors (Lipinski definition) is 4. The van der Waals surface area contributed by atoms with Gasteiger partial charge in [-0.2, -0.15) is 8.42 Å². The van der Waals surface area contributed by atoms with E-state index < -0.39 is 59.8 Å². The maximum atomic E-state index is 12.9. The van der Waals surface area contributed by atoms with Crippen molar-refractivity contribution in [3.05, 3.63) is 72.9 Å². The van der Waals surface area contributed by atoms with Gasteiger partial charge in [0.2, 0.25) is 0 Å². The molecule has 6 atom stereocenters. The molecule has 1 aliphatic rings. The van der Waals surface area contributed by atoms with E-state index in [0.29, 0.717) is 13.0 Å². The Morgan fingerprint density at radius 1 is 0.574 bits per heavy atom. The van der Waals surface area contributed by atoms with Crippen LogP contribution in [0.5, 0.6) is 0 Å². The van der Waals surface area contributed by atoms with E-state index >= 15 is 0 Å². The van der Waals surface area contributed by atoms with Gasteiger partial charge in [0.15, 0.2) is 6.29 Å². The lowest BCUT2D eigenvalue weighted by Crippen LogP contribution is -2.60. The fourth-order valence-corrected chi connectivity index (χ4v) is 8.38. The molecule has 1 saturated heterocycles. The molecule has 0 amide bonds. The molecular formula is C55H96O12S. The third-order valence-electron chi connectivity index (χ3n) is 11.8. The molecular weight excluding hydrogens is 885 g/mol. The second-order valence-electron chi connectivity index (χ2n) is 18.1. The molecule has 13 heteroatoms. The van der Waals surface area contributed by atoms with Crippen LogP contribution in [0.1, 0.15) is 206 Å². The quantitative estimate of drug-likeness (QED) is 0.0197. The second kappa shape index (κ2) is 45.7. The third-order valence-corrected chi connectivity index (χ3v) is 12.3. The third kappa shape index (κ3) is 38.3. The number of carbonyl (C=O) groups is 1. The highest BCUT2D eigenvalue weighted by Gasteiger charge is 2.48. The second-order valence-corrected chi connectivity index (χ2v) is 19.1. The molecule has 12 nitrogen and oxygen atoms in total. The van der Waals surface area contributed by atoms with Crippen molar-refractivity contribution in [1.29, 1.82) is 0 Å². The van der Waals surface area contributed by atoms with E-state index in [1.54, 1.807) is 0 Å². The molecule has 0 saturated carbocycles. The zero-order valence-electron chi connectivity index (χ0n) is 42.4. The van der Waals surface area contributed by atoms with Crippen LogP contribution in [0.3, 0.4) is 0 Å². The number of aliphatic hydroxyl groups excluding tert-OH is 3. The van der Waals surface area contributed by atoms with Crippen molar-refractivity contribution in [3.8, 4) is 0 Å². The highest BCUT2D eigenvalue weighted by atomic mass is 32.3. The van der Waals surface area contributed by atoms with E-state index in [0.717, 1.165) is 70.6 Å². The zero-order chi connectivity index (χ0) is 49.6. The molecule has 0 aliphatic carbocycles. The molecule has 1 heterocycles. The molecule has 0 aromatic heterocycles. The highest BCUT2D eigenvalue weighted by Crippen LogP contribution is 2.26. The predicted molar refractivity (Wildman–Crippen MR) is 276 cm³/mol. The summed E-state index contributed by atoms with van der Waals surface area (Å²) < 4.78 is 59.2. The minimum Gasteiger partial charge on any atom is -0.457 e. The summed E-state index contributed by atoms with van der Waals surface area (Å²) in [5.41, 5.74) is 0. The van der Waals surface area contributed by atoms with Crippen LogP contribution in [0.2, 0.25) is 0 Å². The molecule has 68 heavy (non-hydrogen) atoms. The largest absolute Gasteiger partial charge is 0.457 e. The van der Waals surface area contributed by atoms with Gasteiger partial charge in [0, 0.05) is 13.0 Å². The summed E-state index contributed by atoms with van der Waals surface area (Å²) in [6, 6.07) is 0. The Balaban J connectivity index is 2.38. The van der Waals surface area contributed by atoms with E-state index in [1.165, 1.54) is 109 Å². The van der Waals surface area contributed by atoms with Gasteiger partial charge in [0.1, 0.15) is 30.5 Å². The van der Waals surface area contributed by atoms with E-state index in [9.17, 15) is 33.1 Å². The Hall–Kier alpha value is -2.46. The van der Waals surface area contributed by atoms with Gasteiger partial charge in [0.25, 0.3) is 0 Å². The molecule has 0 aromatic rings. The van der Waals surface area contributed by atoms with Crippen LogP contribution in [-0.2, 0) is 38.3 Å². The van der Waals surface area contributed by atoms with Crippen molar-refractivity contribution >= 4 is 16.4 Å². The lowest BCUT2D eigenvalue weighted by molar-refractivity contribution is -0.301. The molecule has 6 unspecified atom stereocenters. The molecule has 0 aromatic carbocycles. The van der Waals surface area contributed by atoms with Gasteiger partial charge in [-0.05, 0) is 57.8 Å². The van der Waals surface area contributed by atoms with Gasteiger partial charge in [-0.25, -0.2) is 4.18 Å². The van der Waals surface area contributed by atoms with Gasteiger partial charge in [-0.3, -0.25) is 9.35 Å². The van der Waals surface area contributed by atoms with Crippen molar-refractivity contribution in [3.63, 3.8) is 0 Å². The monoisotopic (exact) mass is 981 g/mol. The van der Waals surface area contributed by atoms with E-state index in [-0.39, 0.29) is 19.6 Å². The number of allylic oxidation sites excluding steroid dienone is 12. The topological polar surface area (TPSA) is 178 Å². The Morgan fingerprint density at radius 2 is 1.00 bits per heavy atom. The van der Waals surface area contributed by atoms with Crippen LogP contribution in [0.15, 0.2) is 72.9 Å². The number of hydrogen-bond acceptors (Lipinski definition) is 11. The lowest BCUT2D eigenvalue weighted by atomic mass is 9.99. The molecule has 1 aliphatic heterocycles. The van der Waals surface area contributed by atoms with Crippen molar-refractivity contribution in [2.75, 3.05) is 26.4 Å². The normalized spacial score (nSPS) is 19.9. The van der Waals surface area contributed by atoms with E-state index in [4.69, 9.17) is 18.9 Å². The minimum absolute atomic E-state index is 0.00534. The first-order valence-electron chi connectivity index (χ1n) is 26.7. The summed E-state index contributed by atoms with van der Waals surface area (Å²) in [4.78, 5) is 12.9. The summed E-state index contributed by atoms with van der Waals surface area (Å²) in [6.07, 6.45) is 50.9. The Bertz CT molecular complexity index is 1460. The SMILES string of the molecule is CC/C=C\C/C=C\C/C=C\C/C=C\C/C=C\C/C=C\CCCOCC(COC1OC(CO)C(O)C(OS(=O)(=O)O)C1O)OC(=O)CCCCCCCCCCCCCCCCCCCCCCC. The average molecular weight is 981 g/mol. The van der Waals surface area contributed by atoms with Gasteiger partial charge in [-0.15, -0.1) is 0 Å². The number of carbonyl (C=O) groups excluding carboxylic acids is 1. The maximum Gasteiger partial charge on any atom is 0.397 e. The highest BCUT2D eigenvalue weighted by molar-refractivity contribution is 7.80. The van der Waals surface area contributed by atoms with Crippen LogP contribution in [0, 0.1) is 0 Å². The Labute approximate surface area is 413 Å². The van der Waals surface area contributed by atoms with Crippen LogP contribution >= 0.6 is 0 Å². The Morgan fingerprint density at radius 3 is 1.43 bits per heavy atom. The van der Waals surface area contributed by atoms with E-state index in [2.05, 4.69) is 90.9 Å². The van der Waals surface area contributed by atoms with Crippen LogP contribution in [0.4, 0.5) is 0 Å². The van der Waals surface area contributed by atoms with Crippen molar-refractivity contribution in [1.82, 2.24) is 0 Å². The van der Waals surface area contributed by atoms with Gasteiger partial charge >= 0.3 is 16.4 Å². The first-order valence-corrected chi connectivity index (χ1v) is 28.1. The fraction of sp³-hybridized carbons (Fsp3) is 0.764. The number of rotatable bonds is 46. The molecule has 1 fully saturated rings. The molecule has 4 N–H and O–H groups in total. The number of esters is 1. The summed E-state index contributed by atoms with van der Waals surface area (Å²) in [5, 5.41) is 30.8. The lowest BCUT2D eigenvalue weighted by Gasteiger charge is -2.41. The van der Waals surface area contributed by atoms with Crippen molar-refractivity contribution < 1.29 is 56.2 Å².